The molecule has 0 fully saturated rings. The van der Waals surface area contributed by atoms with Gasteiger partial charge in [0.15, 0.2) is 0 Å². The third-order valence-corrected chi connectivity index (χ3v) is 3.50. The van der Waals surface area contributed by atoms with Crippen molar-refractivity contribution in [2.45, 2.75) is 36.6 Å². The Labute approximate surface area is 114 Å². The Morgan fingerprint density at radius 1 is 1.22 bits per heavy atom. The summed E-state index contributed by atoms with van der Waals surface area (Å²) in [6.45, 7) is 5.45. The molecule has 18 heavy (non-hydrogen) atoms. The molecule has 3 nitrogen and oxygen atoms in total. The van der Waals surface area contributed by atoms with E-state index in [0.717, 1.165) is 6.54 Å². The van der Waals surface area contributed by atoms with Gasteiger partial charge in [-0.25, -0.2) is 0 Å². The SMILES string of the molecule is CC(C)Sc1ccc(CN(C)CC(O)CO)cc1. The molecule has 1 unspecified atom stereocenters. The van der Waals surface area contributed by atoms with Crippen LogP contribution in [0.25, 0.3) is 0 Å². The molecule has 4 heteroatoms. The van der Waals surface area contributed by atoms with E-state index in [4.69, 9.17) is 5.11 Å². The monoisotopic (exact) mass is 269 g/mol. The summed E-state index contributed by atoms with van der Waals surface area (Å²) >= 11 is 1.85. The van der Waals surface area contributed by atoms with E-state index in [1.807, 2.05) is 23.7 Å². The number of nitrogens with zero attached hydrogens (tertiary/aromatic N) is 1. The van der Waals surface area contributed by atoms with Crippen molar-refractivity contribution >= 4 is 11.8 Å². The smallest absolute Gasteiger partial charge is 0.0897 e. The molecule has 1 aromatic carbocycles. The van der Waals surface area contributed by atoms with Gasteiger partial charge in [-0.2, -0.15) is 0 Å². The first-order valence-corrected chi connectivity index (χ1v) is 7.12. The molecule has 0 aliphatic heterocycles. The molecule has 1 aromatic rings. The lowest BCUT2D eigenvalue weighted by atomic mass is 10.2. The van der Waals surface area contributed by atoms with Crippen molar-refractivity contribution in [2.75, 3.05) is 20.2 Å². The lowest BCUT2D eigenvalue weighted by molar-refractivity contribution is 0.0648. The number of hydrogen-bond acceptors (Lipinski definition) is 4. The molecule has 0 bridgehead atoms. The van der Waals surface area contributed by atoms with Crippen LogP contribution < -0.4 is 0 Å². The highest BCUT2D eigenvalue weighted by Crippen LogP contribution is 2.23. The second kappa shape index (κ2) is 7.79. The summed E-state index contributed by atoms with van der Waals surface area (Å²) in [4.78, 5) is 3.29. The van der Waals surface area contributed by atoms with Crippen LogP contribution in [-0.4, -0.2) is 46.7 Å². The molecular weight excluding hydrogens is 246 g/mol. The molecular formula is C14H23NO2S. The Balaban J connectivity index is 2.47. The molecule has 0 saturated carbocycles. The van der Waals surface area contributed by atoms with E-state index in [1.165, 1.54) is 10.5 Å². The van der Waals surface area contributed by atoms with E-state index in [2.05, 4.69) is 38.1 Å². The molecule has 0 aliphatic rings. The quantitative estimate of drug-likeness (QED) is 0.743. The predicted octanol–water partition coefficient (Wildman–Crippen LogP) is 1.97. The summed E-state index contributed by atoms with van der Waals surface area (Å²) in [5, 5.41) is 18.7. The van der Waals surface area contributed by atoms with Gasteiger partial charge in [0, 0.05) is 23.2 Å². The van der Waals surface area contributed by atoms with E-state index in [1.54, 1.807) is 0 Å². The summed E-state index contributed by atoms with van der Waals surface area (Å²) in [6.07, 6.45) is -0.661. The second-order valence-electron chi connectivity index (χ2n) is 4.84. The number of rotatable bonds is 7. The number of thioether (sulfide) groups is 1. The molecule has 0 radical (unpaired) electrons. The molecule has 0 spiro atoms. The molecule has 0 amide bonds. The molecule has 1 rings (SSSR count). The number of hydrogen-bond donors (Lipinski definition) is 2. The van der Waals surface area contributed by atoms with Crippen LogP contribution in [0.4, 0.5) is 0 Å². The van der Waals surface area contributed by atoms with Gasteiger partial charge in [-0.1, -0.05) is 26.0 Å². The van der Waals surface area contributed by atoms with E-state index >= 15 is 0 Å². The van der Waals surface area contributed by atoms with Crippen molar-refractivity contribution in [1.29, 1.82) is 0 Å². The molecule has 0 heterocycles. The van der Waals surface area contributed by atoms with Crippen molar-refractivity contribution in [1.82, 2.24) is 4.90 Å². The lowest BCUT2D eigenvalue weighted by Crippen LogP contribution is -2.30. The van der Waals surface area contributed by atoms with E-state index in [9.17, 15) is 5.11 Å². The summed E-state index contributed by atoms with van der Waals surface area (Å²) in [5.74, 6) is 0. The van der Waals surface area contributed by atoms with Gasteiger partial charge in [-0.15, -0.1) is 11.8 Å². The molecule has 0 saturated heterocycles. The third-order valence-electron chi connectivity index (χ3n) is 2.48. The highest BCUT2D eigenvalue weighted by molar-refractivity contribution is 7.99. The second-order valence-corrected chi connectivity index (χ2v) is 6.49. The topological polar surface area (TPSA) is 43.7 Å². The van der Waals surface area contributed by atoms with Gasteiger partial charge in [-0.3, -0.25) is 4.90 Å². The summed E-state index contributed by atoms with van der Waals surface area (Å²) in [6, 6.07) is 8.51. The first-order valence-electron chi connectivity index (χ1n) is 6.24. The minimum atomic E-state index is -0.661. The minimum Gasteiger partial charge on any atom is -0.394 e. The summed E-state index contributed by atoms with van der Waals surface area (Å²) in [5.41, 5.74) is 1.22. The Kier molecular flexibility index (Phi) is 6.71. The molecule has 2 N–H and O–H groups in total. The van der Waals surface area contributed by atoms with Gasteiger partial charge in [0.2, 0.25) is 0 Å². The van der Waals surface area contributed by atoms with Crippen LogP contribution in [0.1, 0.15) is 19.4 Å². The van der Waals surface area contributed by atoms with Crippen LogP contribution in [0, 0.1) is 0 Å². The Hall–Kier alpha value is -0.550. The predicted molar refractivity (Wildman–Crippen MR) is 76.9 cm³/mol. The first-order chi connectivity index (χ1) is 8.51. The molecule has 0 aliphatic carbocycles. The number of likely N-dealkylation sites (N-methyl/N-ethyl adjacent to an activating group) is 1. The highest BCUT2D eigenvalue weighted by Gasteiger charge is 2.07. The number of benzene rings is 1. The normalized spacial score (nSPS) is 13.3. The highest BCUT2D eigenvalue weighted by atomic mass is 32.2. The van der Waals surface area contributed by atoms with Gasteiger partial charge in [0.25, 0.3) is 0 Å². The van der Waals surface area contributed by atoms with Crippen LogP contribution in [0.15, 0.2) is 29.2 Å². The van der Waals surface area contributed by atoms with Crippen LogP contribution in [-0.2, 0) is 6.54 Å². The van der Waals surface area contributed by atoms with Crippen molar-refractivity contribution in [3.63, 3.8) is 0 Å². The average molecular weight is 269 g/mol. The Morgan fingerprint density at radius 2 is 1.83 bits per heavy atom. The zero-order valence-corrected chi connectivity index (χ0v) is 12.2. The van der Waals surface area contributed by atoms with E-state index < -0.39 is 6.10 Å². The largest absolute Gasteiger partial charge is 0.394 e. The molecule has 102 valence electrons. The zero-order chi connectivity index (χ0) is 13.5. The van der Waals surface area contributed by atoms with E-state index in [-0.39, 0.29) is 6.61 Å². The fourth-order valence-corrected chi connectivity index (χ4v) is 2.58. The van der Waals surface area contributed by atoms with Gasteiger partial charge < -0.3 is 10.2 Å². The average Bonchev–Trinajstić information content (AvgIpc) is 2.30. The lowest BCUT2D eigenvalue weighted by Gasteiger charge is -2.19. The maximum atomic E-state index is 9.35. The van der Waals surface area contributed by atoms with Gasteiger partial charge in [0.1, 0.15) is 0 Å². The van der Waals surface area contributed by atoms with Crippen molar-refractivity contribution in [2.24, 2.45) is 0 Å². The first kappa shape index (κ1) is 15.5. The molecule has 0 aromatic heterocycles. The van der Waals surface area contributed by atoms with E-state index in [0.29, 0.717) is 11.8 Å². The van der Waals surface area contributed by atoms with Crippen LogP contribution in [0.3, 0.4) is 0 Å². The fourth-order valence-electron chi connectivity index (χ4n) is 1.74. The van der Waals surface area contributed by atoms with Crippen LogP contribution >= 0.6 is 11.8 Å². The van der Waals surface area contributed by atoms with Crippen molar-refractivity contribution in [3.05, 3.63) is 29.8 Å². The third kappa shape index (κ3) is 5.87. The molecule has 1 atom stereocenters. The van der Waals surface area contributed by atoms with Crippen molar-refractivity contribution in [3.8, 4) is 0 Å². The Morgan fingerprint density at radius 3 is 2.33 bits per heavy atom. The van der Waals surface area contributed by atoms with Gasteiger partial charge >= 0.3 is 0 Å². The maximum absolute atomic E-state index is 9.35. The van der Waals surface area contributed by atoms with Gasteiger partial charge in [-0.05, 0) is 24.7 Å². The van der Waals surface area contributed by atoms with Gasteiger partial charge in [0.05, 0.1) is 12.7 Å². The van der Waals surface area contributed by atoms with Crippen LogP contribution in [0.2, 0.25) is 0 Å². The number of aliphatic hydroxyl groups excluding tert-OH is 2. The summed E-state index contributed by atoms with van der Waals surface area (Å²) < 4.78 is 0. The zero-order valence-electron chi connectivity index (χ0n) is 11.3. The minimum absolute atomic E-state index is 0.186. The Bertz CT molecular complexity index is 340. The summed E-state index contributed by atoms with van der Waals surface area (Å²) in [7, 11) is 1.94. The fraction of sp³-hybridized carbons (Fsp3) is 0.571. The standard InChI is InChI=1S/C14H23NO2S/c1-11(2)18-14-6-4-12(5-7-14)8-15(3)9-13(17)10-16/h4-7,11,13,16-17H,8-10H2,1-3H3. The van der Waals surface area contributed by atoms with Crippen LogP contribution in [0.5, 0.6) is 0 Å². The van der Waals surface area contributed by atoms with Crippen molar-refractivity contribution < 1.29 is 10.2 Å². The maximum Gasteiger partial charge on any atom is 0.0897 e. The number of aliphatic hydroxyl groups is 2.